The van der Waals surface area contributed by atoms with Crippen molar-refractivity contribution in [2.75, 3.05) is 65.4 Å². The molecule has 2 aliphatic heterocycles. The van der Waals surface area contributed by atoms with Crippen LogP contribution in [-0.4, -0.2) is 164 Å². The molecule has 6 N–H and O–H groups in total. The van der Waals surface area contributed by atoms with E-state index in [2.05, 4.69) is 10.6 Å². The molecule has 2 aromatic heterocycles. The van der Waals surface area contributed by atoms with Gasteiger partial charge in [0.25, 0.3) is 11.0 Å². The topological polar surface area (TPSA) is 299 Å². The summed E-state index contributed by atoms with van der Waals surface area (Å²) in [6.07, 6.45) is 0. The number of hydrogen-bond donors (Lipinski definition) is 4. The average molecular weight is 1760 g/mol. The summed E-state index contributed by atoms with van der Waals surface area (Å²) in [4.78, 5) is 161. The lowest BCUT2D eigenvalue weighted by Gasteiger charge is -2.37. The lowest BCUT2D eigenvalue weighted by atomic mass is 10.0. The van der Waals surface area contributed by atoms with Gasteiger partial charge in [-0.15, -0.1) is 0 Å². The van der Waals surface area contributed by atoms with Gasteiger partial charge >= 0.3 is 6.03 Å². The molecule has 0 fully saturated rings. The predicted molar refractivity (Wildman–Crippen MR) is 497 cm³/mol. The smallest absolute Gasteiger partial charge is 0.368 e. The number of fused-ring (bicyclic) bond motifs is 2. The molecule has 0 saturated carbocycles. The predicted octanol–water partition coefficient (Wildman–Crippen LogP) is 12.3. The SMILES string of the molecule is C[C@H](c1ccccc1)N(CC(N)=O)C(=O)CN(C(=O)CN(C(=O)CN(C(=O)CNCc1ccc2cccc3c2[n+]1C1(O3)Oc2cccc3ccc(CNCC(=O)N(CC(=O)N(CC(=O)N(CC(=O)N(CC(N)=O)[C@H](C)c4ccccc4)[C@@H](C)c4ccccc4)[C@H](C)c4ccccc4)[C@@H](C)c4ccccc4)[n+]1c23)[C@@H](C)c1ccccc1)[C@H](C)c1ccccc1)[C@@H](C)c1ccccc1. The molecular weight excluding hydrogens is 1650 g/mol. The zero-order valence-corrected chi connectivity index (χ0v) is 75.0. The Kier molecular flexibility index (Phi) is 29.6. The largest absolute Gasteiger partial charge is 0.716 e. The lowest BCUT2D eigenvalue weighted by Crippen LogP contribution is -2.78. The van der Waals surface area contributed by atoms with Gasteiger partial charge in [-0.3, -0.25) is 58.6 Å². The number of nitrogens with one attached hydrogen (secondary N) is 2. The van der Waals surface area contributed by atoms with Gasteiger partial charge in [-0.25, -0.2) is 0 Å². The maximum absolute atomic E-state index is 15.8. The number of aromatic nitrogens is 2. The number of nitrogens with zero attached hydrogens (tertiary/aromatic N) is 10. The minimum absolute atomic E-state index is 0.0437. The van der Waals surface area contributed by atoms with Gasteiger partial charge in [-0.05, 0) is 145 Å². The highest BCUT2D eigenvalue weighted by Crippen LogP contribution is 2.42. The van der Waals surface area contributed by atoms with E-state index in [1.54, 1.807) is 13.8 Å². The highest BCUT2D eigenvalue weighted by atomic mass is 16.8. The van der Waals surface area contributed by atoms with Gasteiger partial charge < -0.3 is 60.1 Å². The Labute approximate surface area is 763 Å². The van der Waals surface area contributed by atoms with E-state index in [1.807, 2.05) is 354 Å². The fourth-order valence-corrected chi connectivity index (χ4v) is 17.7. The molecule has 672 valence electrons. The molecule has 2 aliphatic rings. The number of rotatable bonds is 40. The van der Waals surface area contributed by atoms with Crippen LogP contribution in [0.3, 0.4) is 0 Å². The van der Waals surface area contributed by atoms with Gasteiger partial charge in [0.2, 0.25) is 82.0 Å². The molecule has 1 spiro atoms. The fraction of sp³-hybridized carbons (Fsp3) is 0.276. The van der Waals surface area contributed by atoms with Crippen molar-refractivity contribution >= 4 is 80.9 Å². The van der Waals surface area contributed by atoms with E-state index in [-0.39, 0.29) is 26.2 Å². The fourth-order valence-electron chi connectivity index (χ4n) is 17.7. The van der Waals surface area contributed by atoms with E-state index >= 15 is 28.8 Å². The maximum Gasteiger partial charge on any atom is 0.716 e. The maximum atomic E-state index is 15.8. The second-order valence-corrected chi connectivity index (χ2v) is 33.5. The number of nitrogens with two attached hydrogens (primary N) is 2. The average Bonchev–Trinajstić information content (AvgIpc) is 1.52. The summed E-state index contributed by atoms with van der Waals surface area (Å²) in [6.45, 7) is 10.3. The highest BCUT2D eigenvalue weighted by Gasteiger charge is 2.71. The molecule has 0 bridgehead atoms. The normalized spacial score (nSPS) is 13.9. The first kappa shape index (κ1) is 92.4. The van der Waals surface area contributed by atoms with Crippen LogP contribution in [0.4, 0.5) is 0 Å². The monoisotopic (exact) mass is 1760 g/mol. The number of hydrogen-bond acceptors (Lipinski definition) is 14. The second kappa shape index (κ2) is 42.0. The van der Waals surface area contributed by atoms with E-state index < -0.39 is 166 Å². The Balaban J connectivity index is 0.731. The van der Waals surface area contributed by atoms with Gasteiger partial charge in [0.1, 0.15) is 39.3 Å². The molecule has 131 heavy (non-hydrogen) atoms. The first-order valence-electron chi connectivity index (χ1n) is 44.3. The van der Waals surface area contributed by atoms with Crippen LogP contribution in [0.2, 0.25) is 0 Å². The van der Waals surface area contributed by atoms with Crippen molar-refractivity contribution in [2.24, 2.45) is 11.5 Å². The Morgan fingerprint density at radius 2 is 0.458 bits per heavy atom. The molecule has 26 nitrogen and oxygen atoms in total. The summed E-state index contributed by atoms with van der Waals surface area (Å²) in [6, 6.07) is 86.1. The summed E-state index contributed by atoms with van der Waals surface area (Å²) < 4.78 is 18.4. The second-order valence-electron chi connectivity index (χ2n) is 33.5. The Bertz CT molecular complexity index is 5710. The van der Waals surface area contributed by atoms with Crippen LogP contribution in [0.15, 0.2) is 303 Å². The van der Waals surface area contributed by atoms with Crippen molar-refractivity contribution in [1.29, 1.82) is 0 Å². The van der Waals surface area contributed by atoms with Crippen molar-refractivity contribution in [1.82, 2.24) is 49.8 Å². The number of pyridine rings is 2. The molecule has 0 saturated heterocycles. The van der Waals surface area contributed by atoms with Crippen LogP contribution in [0.1, 0.15) is 160 Å². The lowest BCUT2D eigenvalue weighted by molar-refractivity contribution is -1.04. The number of ether oxygens (including phenoxy) is 2. The molecule has 26 heteroatoms. The van der Waals surface area contributed by atoms with Crippen molar-refractivity contribution in [3.8, 4) is 11.5 Å². The molecule has 0 unspecified atom stereocenters. The van der Waals surface area contributed by atoms with Crippen LogP contribution < -0.4 is 40.7 Å². The number of para-hydroxylation sites is 2. The molecular formula is C105H112N14O12+2. The van der Waals surface area contributed by atoms with E-state index in [4.69, 9.17) is 20.9 Å². The third-order valence-electron chi connectivity index (χ3n) is 25.3. The quantitative estimate of drug-likeness (QED) is 0.0260. The third-order valence-corrected chi connectivity index (χ3v) is 25.3. The van der Waals surface area contributed by atoms with Gasteiger partial charge in [0.05, 0.1) is 98.4 Å². The van der Waals surface area contributed by atoms with Crippen molar-refractivity contribution in [3.63, 3.8) is 0 Å². The van der Waals surface area contributed by atoms with Crippen LogP contribution in [0.25, 0.3) is 21.8 Å². The number of primary amides is 2. The standard InChI is InChI=1S/C105H110N14O12/c1-71(79-35-17-9-18-36-79)110(63-93(106)120)97(124)67-114(75(5)83-43-25-13-26-44-83)101(128)69-116(77(7)85-47-29-15-30-48-85)99(126)65-112(73(3)81-39-21-11-22-40-81)95(122)61-108-59-89-57-55-87-51-33-53-91-103(87)118(89)105(130-91)119-90(58-56-88-52-34-54-92(131-105)104(88)119)60-109-62-96(123)113(74(4)82-41-23-12-24-42-82)66-100(127)117(78(8)86-49-31-16-32-50-86)70-102(129)115(76(6)84-45-27-14-28-46-84)68-98(125)111(64-94(107)121)72(2)80-37-19-10-20-38-80/h9-58,71-78,108-109H,59-70H2,1-8H3,(H2-2,106,107,120,121)/p+2/t71-,72-,73+,74+,75+,76+,77-,78-,105?/m1/s1. The number of carbonyl (C=O) groups excluding carboxylic acids is 10. The number of amides is 10. The van der Waals surface area contributed by atoms with E-state index in [0.717, 1.165) is 44.2 Å². The van der Waals surface area contributed by atoms with Crippen molar-refractivity contribution in [3.05, 3.63) is 359 Å². The highest BCUT2D eigenvalue weighted by molar-refractivity contribution is 5.94. The summed E-state index contributed by atoms with van der Waals surface area (Å²) in [5.41, 5.74) is 20.1. The minimum Gasteiger partial charge on any atom is -0.368 e. The molecule has 0 radical (unpaired) electrons. The molecule has 14 rings (SSSR count). The van der Waals surface area contributed by atoms with E-state index in [9.17, 15) is 19.2 Å². The molecule has 0 aliphatic carbocycles. The number of benzene rings is 10. The molecule has 4 heterocycles. The Hall–Kier alpha value is -14.8. The third kappa shape index (κ3) is 21.0. The molecule has 10 amide bonds. The van der Waals surface area contributed by atoms with Gasteiger partial charge in [0, 0.05) is 12.1 Å². The summed E-state index contributed by atoms with van der Waals surface area (Å²) >= 11 is 0. The minimum atomic E-state index is -1.79. The Morgan fingerprint density at radius 3 is 0.664 bits per heavy atom. The summed E-state index contributed by atoms with van der Waals surface area (Å²) in [7, 11) is 0. The molecule has 8 atom stereocenters. The summed E-state index contributed by atoms with van der Waals surface area (Å²) in [5.74, 6) is -4.70. The molecule has 10 aromatic carbocycles. The van der Waals surface area contributed by atoms with Crippen LogP contribution in [0.5, 0.6) is 11.5 Å². The number of carbonyl (C=O) groups is 10. The van der Waals surface area contributed by atoms with E-state index in [0.29, 0.717) is 45.0 Å². The van der Waals surface area contributed by atoms with Gasteiger partial charge in [-0.1, -0.05) is 255 Å². The van der Waals surface area contributed by atoms with Crippen molar-refractivity contribution < 1.29 is 66.6 Å². The first-order chi connectivity index (χ1) is 63.3. The van der Waals surface area contributed by atoms with Gasteiger partial charge in [0.15, 0.2) is 0 Å². The van der Waals surface area contributed by atoms with Gasteiger partial charge in [-0.2, -0.15) is 0 Å². The van der Waals surface area contributed by atoms with Crippen LogP contribution >= 0.6 is 0 Å². The zero-order valence-electron chi connectivity index (χ0n) is 75.0. The summed E-state index contributed by atoms with van der Waals surface area (Å²) in [5, 5.41) is 8.53. The van der Waals surface area contributed by atoms with Crippen molar-refractivity contribution in [2.45, 2.75) is 123 Å². The van der Waals surface area contributed by atoms with Crippen LogP contribution in [0, 0.1) is 0 Å². The van der Waals surface area contributed by atoms with Crippen LogP contribution in [-0.2, 0) is 67.1 Å². The Morgan fingerprint density at radius 1 is 0.260 bits per heavy atom. The van der Waals surface area contributed by atoms with E-state index in [1.165, 1.54) is 39.2 Å². The first-order valence-corrected chi connectivity index (χ1v) is 44.3. The molecule has 12 aromatic rings. The zero-order chi connectivity index (χ0) is 92.6.